The van der Waals surface area contributed by atoms with Gasteiger partial charge in [0.2, 0.25) is 0 Å². The lowest BCUT2D eigenvalue weighted by Crippen LogP contribution is -1.95. The minimum Gasteiger partial charge on any atom is -0.295 e. The van der Waals surface area contributed by atoms with E-state index in [0.717, 1.165) is 12.0 Å². The smallest absolute Gasteiger partial charge is 0.155 e. The zero-order valence-electron chi connectivity index (χ0n) is 6.74. The van der Waals surface area contributed by atoms with Gasteiger partial charge < -0.3 is 0 Å². The summed E-state index contributed by atoms with van der Waals surface area (Å²) in [7, 11) is 0. The van der Waals surface area contributed by atoms with Gasteiger partial charge in [-0.2, -0.15) is 0 Å². The molecule has 0 spiro atoms. The molecule has 0 N–H and O–H groups in total. The number of ketones is 1. The number of Topliss-reactive ketones (excluding diaryl/α,β-unsaturated/α-hetero) is 1. The summed E-state index contributed by atoms with van der Waals surface area (Å²) in [4.78, 5) is 10.7. The molecule has 1 heteroatoms. The van der Waals surface area contributed by atoms with Gasteiger partial charge in [-0.3, -0.25) is 4.79 Å². The first-order valence-corrected chi connectivity index (χ1v) is 3.43. The summed E-state index contributed by atoms with van der Waals surface area (Å²) in [6.45, 7) is 11.0. The summed E-state index contributed by atoms with van der Waals surface area (Å²) in [5.74, 6) is 0.0644. The molecular weight excluding hydrogens is 124 g/mol. The predicted molar refractivity (Wildman–Crippen MR) is 43.9 cm³/mol. The van der Waals surface area contributed by atoms with Crippen LogP contribution in [0.25, 0.3) is 0 Å². The molecule has 0 aromatic rings. The number of allylic oxidation sites excluding steroid dienone is 2. The Balaban J connectivity index is 3.80. The van der Waals surface area contributed by atoms with Crippen LogP contribution in [-0.4, -0.2) is 5.78 Å². The number of hydrogen-bond donors (Lipinski definition) is 0. The first-order chi connectivity index (χ1) is 4.57. The van der Waals surface area contributed by atoms with Crippen LogP contribution in [0.1, 0.15) is 26.7 Å². The van der Waals surface area contributed by atoms with Crippen molar-refractivity contribution in [3.63, 3.8) is 0 Å². The molecule has 0 rings (SSSR count). The molecule has 0 unspecified atom stereocenters. The molecule has 56 valence electrons. The molecule has 0 radical (unpaired) electrons. The van der Waals surface area contributed by atoms with E-state index in [1.54, 1.807) is 0 Å². The van der Waals surface area contributed by atoms with Crippen LogP contribution < -0.4 is 0 Å². The molecule has 0 aliphatic carbocycles. The summed E-state index contributed by atoms with van der Waals surface area (Å²) >= 11 is 0. The fraction of sp³-hybridized carbons (Fsp3) is 0.444. The van der Waals surface area contributed by atoms with E-state index in [1.807, 2.05) is 6.92 Å². The van der Waals surface area contributed by atoms with Gasteiger partial charge in [-0.05, 0) is 25.3 Å². The predicted octanol–water partition coefficient (Wildman–Crippen LogP) is 2.49. The largest absolute Gasteiger partial charge is 0.295 e. The third kappa shape index (κ3) is 3.23. The van der Waals surface area contributed by atoms with E-state index >= 15 is 0 Å². The third-order valence-corrected chi connectivity index (χ3v) is 1.46. The molecule has 0 amide bonds. The van der Waals surface area contributed by atoms with Crippen LogP contribution in [0.2, 0.25) is 0 Å². The van der Waals surface area contributed by atoms with E-state index in [9.17, 15) is 4.79 Å². The molecular formula is C9H14O. The molecule has 0 fully saturated rings. The summed E-state index contributed by atoms with van der Waals surface area (Å²) < 4.78 is 0. The Morgan fingerprint density at radius 1 is 1.40 bits per heavy atom. The summed E-state index contributed by atoms with van der Waals surface area (Å²) in [6, 6.07) is 0. The van der Waals surface area contributed by atoms with Gasteiger partial charge in [-0.15, -0.1) is 0 Å². The van der Waals surface area contributed by atoms with Crippen molar-refractivity contribution in [2.24, 2.45) is 0 Å². The molecule has 1 nitrogen and oxygen atoms in total. The molecule has 0 aromatic heterocycles. The van der Waals surface area contributed by atoms with E-state index in [-0.39, 0.29) is 5.78 Å². The monoisotopic (exact) mass is 138 g/mol. The van der Waals surface area contributed by atoms with Crippen molar-refractivity contribution in [3.8, 4) is 0 Å². The average Bonchev–Trinajstić information content (AvgIpc) is 1.87. The SMILES string of the molecule is C=C(CC)CC(=C)C(C)=O. The highest BCUT2D eigenvalue weighted by molar-refractivity contribution is 5.92. The average molecular weight is 138 g/mol. The van der Waals surface area contributed by atoms with Crippen molar-refractivity contribution in [3.05, 3.63) is 24.3 Å². The Labute approximate surface area is 62.4 Å². The van der Waals surface area contributed by atoms with Gasteiger partial charge in [0.25, 0.3) is 0 Å². The van der Waals surface area contributed by atoms with Crippen LogP contribution in [0.5, 0.6) is 0 Å². The Kier molecular flexibility index (Phi) is 3.70. The Hall–Kier alpha value is -0.850. The lowest BCUT2D eigenvalue weighted by Gasteiger charge is -2.01. The van der Waals surface area contributed by atoms with Crippen molar-refractivity contribution < 1.29 is 4.79 Å². The fourth-order valence-corrected chi connectivity index (χ4v) is 0.551. The summed E-state index contributed by atoms with van der Waals surface area (Å²) in [5, 5.41) is 0. The normalized spacial score (nSPS) is 9.00. The summed E-state index contributed by atoms with van der Waals surface area (Å²) in [6.07, 6.45) is 1.58. The zero-order valence-corrected chi connectivity index (χ0v) is 6.74. The highest BCUT2D eigenvalue weighted by atomic mass is 16.1. The van der Waals surface area contributed by atoms with Gasteiger partial charge in [0.15, 0.2) is 5.78 Å². The molecule has 0 aliphatic heterocycles. The highest BCUT2D eigenvalue weighted by Gasteiger charge is 2.00. The van der Waals surface area contributed by atoms with E-state index in [2.05, 4.69) is 13.2 Å². The molecule has 0 heterocycles. The maximum Gasteiger partial charge on any atom is 0.155 e. The van der Waals surface area contributed by atoms with E-state index in [4.69, 9.17) is 0 Å². The first kappa shape index (κ1) is 9.15. The fourth-order valence-electron chi connectivity index (χ4n) is 0.551. The maximum absolute atomic E-state index is 10.7. The van der Waals surface area contributed by atoms with Gasteiger partial charge in [0.05, 0.1) is 0 Å². The second kappa shape index (κ2) is 4.04. The van der Waals surface area contributed by atoms with Crippen molar-refractivity contribution in [1.29, 1.82) is 0 Å². The molecule has 0 aromatic carbocycles. The quantitative estimate of drug-likeness (QED) is 0.431. The molecule has 0 bridgehead atoms. The lowest BCUT2D eigenvalue weighted by molar-refractivity contribution is -0.113. The Morgan fingerprint density at radius 2 is 1.90 bits per heavy atom. The summed E-state index contributed by atoms with van der Waals surface area (Å²) in [5.41, 5.74) is 1.73. The van der Waals surface area contributed by atoms with Crippen molar-refractivity contribution >= 4 is 5.78 Å². The van der Waals surface area contributed by atoms with Crippen LogP contribution in [0.3, 0.4) is 0 Å². The second-order valence-electron chi connectivity index (χ2n) is 2.44. The third-order valence-electron chi connectivity index (χ3n) is 1.46. The second-order valence-corrected chi connectivity index (χ2v) is 2.44. The number of carbonyl (C=O) groups is 1. The van der Waals surface area contributed by atoms with Crippen LogP contribution >= 0.6 is 0 Å². The topological polar surface area (TPSA) is 17.1 Å². The van der Waals surface area contributed by atoms with Crippen molar-refractivity contribution in [2.45, 2.75) is 26.7 Å². The maximum atomic E-state index is 10.7. The molecule has 0 saturated heterocycles. The Bertz CT molecular complexity index is 166. The van der Waals surface area contributed by atoms with Gasteiger partial charge in [0, 0.05) is 0 Å². The number of hydrogen-bond acceptors (Lipinski definition) is 1. The molecule has 0 aliphatic rings. The number of carbonyl (C=O) groups excluding carboxylic acids is 1. The minimum atomic E-state index is 0.0644. The molecule has 0 saturated carbocycles. The van der Waals surface area contributed by atoms with Crippen LogP contribution in [0.4, 0.5) is 0 Å². The van der Waals surface area contributed by atoms with Crippen LogP contribution in [-0.2, 0) is 4.79 Å². The van der Waals surface area contributed by atoms with Crippen LogP contribution in [0, 0.1) is 0 Å². The standard InChI is InChI=1S/C9H14O/c1-5-7(2)6-8(3)9(4)10/h2-3,5-6H2,1,4H3. The van der Waals surface area contributed by atoms with E-state index in [0.29, 0.717) is 12.0 Å². The minimum absolute atomic E-state index is 0.0644. The van der Waals surface area contributed by atoms with Crippen LogP contribution in [0.15, 0.2) is 24.3 Å². The van der Waals surface area contributed by atoms with Gasteiger partial charge >= 0.3 is 0 Å². The Morgan fingerprint density at radius 3 is 2.20 bits per heavy atom. The van der Waals surface area contributed by atoms with Crippen molar-refractivity contribution in [1.82, 2.24) is 0 Å². The van der Waals surface area contributed by atoms with E-state index < -0.39 is 0 Å². The molecule has 10 heavy (non-hydrogen) atoms. The molecule has 0 atom stereocenters. The van der Waals surface area contributed by atoms with Crippen molar-refractivity contribution in [2.75, 3.05) is 0 Å². The lowest BCUT2D eigenvalue weighted by atomic mass is 10.0. The first-order valence-electron chi connectivity index (χ1n) is 3.43. The van der Waals surface area contributed by atoms with Gasteiger partial charge in [-0.1, -0.05) is 25.7 Å². The number of rotatable bonds is 4. The van der Waals surface area contributed by atoms with Gasteiger partial charge in [0.1, 0.15) is 0 Å². The van der Waals surface area contributed by atoms with E-state index in [1.165, 1.54) is 6.92 Å². The highest BCUT2D eigenvalue weighted by Crippen LogP contribution is 2.10. The zero-order chi connectivity index (χ0) is 8.15. The van der Waals surface area contributed by atoms with Gasteiger partial charge in [-0.25, -0.2) is 0 Å².